The maximum absolute atomic E-state index is 12.0. The summed E-state index contributed by atoms with van der Waals surface area (Å²) in [5.41, 5.74) is 0. The Balaban J connectivity index is 2.14. The van der Waals surface area contributed by atoms with E-state index >= 15 is 0 Å². The van der Waals surface area contributed by atoms with Crippen molar-refractivity contribution in [2.24, 2.45) is 0 Å². The summed E-state index contributed by atoms with van der Waals surface area (Å²) in [5.74, 6) is 1.30. The molecule has 0 aromatic rings. The molecule has 0 saturated carbocycles. The van der Waals surface area contributed by atoms with E-state index in [1.54, 1.807) is 0 Å². The zero-order valence-electron chi connectivity index (χ0n) is 12.5. The highest BCUT2D eigenvalue weighted by molar-refractivity contribution is 7.98. The normalized spacial score (nSPS) is 18.3. The summed E-state index contributed by atoms with van der Waals surface area (Å²) in [6.07, 6.45) is 6.13. The molecule has 0 bridgehead atoms. The first kappa shape index (κ1) is 16.8. The van der Waals surface area contributed by atoms with Crippen molar-refractivity contribution in [2.75, 3.05) is 38.8 Å². The van der Waals surface area contributed by atoms with Gasteiger partial charge in [-0.1, -0.05) is 0 Å². The van der Waals surface area contributed by atoms with Crippen LogP contribution in [0.25, 0.3) is 0 Å². The van der Waals surface area contributed by atoms with Gasteiger partial charge in [0.25, 0.3) is 0 Å². The van der Waals surface area contributed by atoms with Gasteiger partial charge in [0.15, 0.2) is 0 Å². The van der Waals surface area contributed by atoms with Crippen LogP contribution >= 0.6 is 11.8 Å². The van der Waals surface area contributed by atoms with Gasteiger partial charge in [-0.15, -0.1) is 0 Å². The zero-order chi connectivity index (χ0) is 14.1. The van der Waals surface area contributed by atoms with Crippen LogP contribution in [0.1, 0.15) is 32.6 Å². The van der Waals surface area contributed by atoms with E-state index in [1.807, 2.05) is 23.7 Å². The van der Waals surface area contributed by atoms with E-state index in [0.29, 0.717) is 25.2 Å². The smallest absolute Gasteiger partial charge is 0.224 e. The number of rotatable bonds is 8. The van der Waals surface area contributed by atoms with Gasteiger partial charge in [-0.2, -0.15) is 11.8 Å². The van der Waals surface area contributed by atoms with Crippen LogP contribution in [0, 0.1) is 0 Å². The highest BCUT2D eigenvalue weighted by Gasteiger charge is 2.17. The molecular formula is C14H28N2O2S. The fourth-order valence-electron chi connectivity index (χ4n) is 2.18. The third-order valence-electron chi connectivity index (χ3n) is 3.75. The van der Waals surface area contributed by atoms with Gasteiger partial charge in [-0.3, -0.25) is 4.79 Å². The number of nitrogens with one attached hydrogen (secondary N) is 1. The van der Waals surface area contributed by atoms with Gasteiger partial charge in [0.2, 0.25) is 5.91 Å². The summed E-state index contributed by atoms with van der Waals surface area (Å²) in [6, 6.07) is 0.318. The summed E-state index contributed by atoms with van der Waals surface area (Å²) in [4.78, 5) is 13.9. The molecule has 1 unspecified atom stereocenters. The number of nitrogens with zero attached hydrogens (tertiary/aromatic N) is 1. The molecule has 1 fully saturated rings. The molecule has 0 radical (unpaired) electrons. The minimum absolute atomic E-state index is 0.197. The third kappa shape index (κ3) is 6.63. The van der Waals surface area contributed by atoms with Gasteiger partial charge in [0.05, 0.1) is 19.1 Å². The molecule has 1 aliphatic heterocycles. The van der Waals surface area contributed by atoms with Crippen LogP contribution in [-0.2, 0) is 9.53 Å². The molecule has 0 aliphatic carbocycles. The molecule has 1 heterocycles. The van der Waals surface area contributed by atoms with Gasteiger partial charge in [-0.05, 0) is 51.3 Å². The summed E-state index contributed by atoms with van der Waals surface area (Å²) < 4.78 is 5.77. The molecule has 1 atom stereocenters. The van der Waals surface area contributed by atoms with Gasteiger partial charge >= 0.3 is 0 Å². The summed E-state index contributed by atoms with van der Waals surface area (Å²) >= 11 is 1.83. The lowest BCUT2D eigenvalue weighted by atomic mass is 10.1. The molecule has 1 amide bonds. The first-order valence-electron chi connectivity index (χ1n) is 7.22. The minimum Gasteiger partial charge on any atom is -0.378 e. The highest BCUT2D eigenvalue weighted by atomic mass is 32.2. The Hall–Kier alpha value is -0.260. The van der Waals surface area contributed by atoms with Gasteiger partial charge in [0.1, 0.15) is 0 Å². The van der Waals surface area contributed by atoms with Crippen molar-refractivity contribution in [3.63, 3.8) is 0 Å². The number of carbonyl (C=O) groups is 1. The summed E-state index contributed by atoms with van der Waals surface area (Å²) in [5, 5.41) is 3.31. The Morgan fingerprint density at radius 3 is 2.79 bits per heavy atom. The number of amides is 1. The monoisotopic (exact) mass is 288 g/mol. The molecular weight excluding hydrogens is 260 g/mol. The zero-order valence-corrected chi connectivity index (χ0v) is 13.3. The molecule has 4 nitrogen and oxygen atoms in total. The van der Waals surface area contributed by atoms with Crippen LogP contribution in [-0.4, -0.2) is 61.7 Å². The van der Waals surface area contributed by atoms with Crippen LogP contribution in [0.5, 0.6) is 0 Å². The van der Waals surface area contributed by atoms with Crippen LogP contribution in [0.15, 0.2) is 0 Å². The van der Waals surface area contributed by atoms with E-state index in [-0.39, 0.29) is 5.91 Å². The fourth-order valence-corrected chi connectivity index (χ4v) is 2.76. The third-order valence-corrected chi connectivity index (χ3v) is 4.39. The quantitative estimate of drug-likeness (QED) is 0.739. The molecule has 1 saturated heterocycles. The van der Waals surface area contributed by atoms with Crippen molar-refractivity contribution >= 4 is 17.7 Å². The van der Waals surface area contributed by atoms with Crippen LogP contribution in [0.3, 0.4) is 0 Å². The van der Waals surface area contributed by atoms with Crippen molar-refractivity contribution in [3.05, 3.63) is 0 Å². The number of piperidine rings is 1. The van der Waals surface area contributed by atoms with Crippen molar-refractivity contribution in [1.29, 1.82) is 0 Å². The molecule has 1 rings (SSSR count). The molecule has 1 aliphatic rings. The molecule has 112 valence electrons. The Kier molecular flexibility index (Phi) is 8.50. The first-order chi connectivity index (χ1) is 9.15. The second-order valence-corrected chi connectivity index (χ2v) is 6.19. The molecule has 0 aromatic carbocycles. The average Bonchev–Trinajstić information content (AvgIpc) is 2.44. The number of hydrogen-bond donors (Lipinski definition) is 1. The standard InChI is InChI=1S/C14H28N2O2S/c1-12(7-11-19-3)16(2)14(17)6-10-18-13-4-8-15-9-5-13/h12-13,15H,4-11H2,1-3H3. The number of ether oxygens (including phenoxy) is 1. The second kappa shape index (κ2) is 9.61. The van der Waals surface area contributed by atoms with E-state index < -0.39 is 0 Å². The lowest BCUT2D eigenvalue weighted by Gasteiger charge is -2.26. The van der Waals surface area contributed by atoms with Gasteiger partial charge in [-0.25, -0.2) is 0 Å². The largest absolute Gasteiger partial charge is 0.378 e. The summed E-state index contributed by atoms with van der Waals surface area (Å²) in [6.45, 7) is 4.74. The molecule has 5 heteroatoms. The number of carbonyl (C=O) groups excluding carboxylic acids is 1. The van der Waals surface area contributed by atoms with E-state index in [4.69, 9.17) is 4.74 Å². The first-order valence-corrected chi connectivity index (χ1v) is 8.61. The van der Waals surface area contributed by atoms with Crippen molar-refractivity contribution in [1.82, 2.24) is 10.2 Å². The number of thioether (sulfide) groups is 1. The Morgan fingerprint density at radius 1 is 1.47 bits per heavy atom. The molecule has 0 aromatic heterocycles. The lowest BCUT2D eigenvalue weighted by molar-refractivity contribution is -0.133. The Morgan fingerprint density at radius 2 is 2.16 bits per heavy atom. The van der Waals surface area contributed by atoms with Crippen molar-refractivity contribution in [3.8, 4) is 0 Å². The van der Waals surface area contributed by atoms with Crippen molar-refractivity contribution in [2.45, 2.75) is 44.8 Å². The second-order valence-electron chi connectivity index (χ2n) is 5.21. The maximum Gasteiger partial charge on any atom is 0.224 e. The minimum atomic E-state index is 0.197. The predicted molar refractivity (Wildman–Crippen MR) is 81.7 cm³/mol. The Labute approximate surface area is 121 Å². The summed E-state index contributed by atoms with van der Waals surface area (Å²) in [7, 11) is 1.90. The fraction of sp³-hybridized carbons (Fsp3) is 0.929. The van der Waals surface area contributed by atoms with Crippen molar-refractivity contribution < 1.29 is 9.53 Å². The van der Waals surface area contributed by atoms with Crippen LogP contribution < -0.4 is 5.32 Å². The SMILES string of the molecule is CSCCC(C)N(C)C(=O)CCOC1CCNCC1. The molecule has 19 heavy (non-hydrogen) atoms. The van der Waals surface area contributed by atoms with Gasteiger partial charge < -0.3 is 15.0 Å². The van der Waals surface area contributed by atoms with E-state index in [2.05, 4.69) is 18.5 Å². The van der Waals surface area contributed by atoms with E-state index in [0.717, 1.165) is 38.1 Å². The molecule has 1 N–H and O–H groups in total. The van der Waals surface area contributed by atoms with E-state index in [1.165, 1.54) is 0 Å². The average molecular weight is 288 g/mol. The number of hydrogen-bond acceptors (Lipinski definition) is 4. The van der Waals surface area contributed by atoms with Gasteiger partial charge in [0, 0.05) is 13.1 Å². The predicted octanol–water partition coefficient (Wildman–Crippen LogP) is 1.75. The lowest BCUT2D eigenvalue weighted by Crippen LogP contribution is -2.37. The topological polar surface area (TPSA) is 41.6 Å². The maximum atomic E-state index is 12.0. The Bertz CT molecular complexity index is 258. The van der Waals surface area contributed by atoms with Crippen LogP contribution in [0.4, 0.5) is 0 Å². The van der Waals surface area contributed by atoms with Crippen LogP contribution in [0.2, 0.25) is 0 Å². The highest BCUT2D eigenvalue weighted by Crippen LogP contribution is 2.10. The van der Waals surface area contributed by atoms with E-state index in [9.17, 15) is 4.79 Å². The molecule has 0 spiro atoms.